The van der Waals surface area contributed by atoms with E-state index in [2.05, 4.69) is 56.2 Å². The van der Waals surface area contributed by atoms with Crippen LogP contribution < -0.4 is 0 Å². The third kappa shape index (κ3) is 1.77. The molecule has 0 aromatic heterocycles. The van der Waals surface area contributed by atoms with Crippen molar-refractivity contribution in [2.45, 2.75) is 25.7 Å². The average molecular weight is 210 g/mol. The van der Waals surface area contributed by atoms with Crippen molar-refractivity contribution in [2.24, 2.45) is 5.92 Å². The van der Waals surface area contributed by atoms with Gasteiger partial charge in [0, 0.05) is 5.92 Å². The molecule has 82 valence electrons. The standard InChI is InChI=1S/C16H18/c1-4-12(3)16-13(5-2)10-11-14-8-6-7-9-15(14)16/h5-9,13,16H,1-2,10-11H2,3H3/t13-,16+/m0/s1. The molecule has 2 rings (SSSR count). The normalized spacial score (nSPS) is 23.1. The highest BCUT2D eigenvalue weighted by molar-refractivity contribution is 5.39. The molecule has 0 bridgehead atoms. The average Bonchev–Trinajstić information content (AvgIpc) is 2.36. The van der Waals surface area contributed by atoms with E-state index < -0.39 is 0 Å². The Labute approximate surface area is 98.0 Å². The molecule has 16 heavy (non-hydrogen) atoms. The number of allylic oxidation sites excluding steroid dienone is 2. The van der Waals surface area contributed by atoms with Crippen LogP contribution in [0.25, 0.3) is 0 Å². The first kappa shape index (κ1) is 11.0. The van der Waals surface area contributed by atoms with Crippen molar-refractivity contribution >= 4 is 0 Å². The Kier molecular flexibility index (Phi) is 3.12. The molecular weight excluding hydrogens is 192 g/mol. The van der Waals surface area contributed by atoms with Crippen molar-refractivity contribution in [2.75, 3.05) is 0 Å². The Balaban J connectivity index is 2.52. The molecule has 1 aromatic rings. The van der Waals surface area contributed by atoms with Crippen LogP contribution in [0.1, 0.15) is 30.4 Å². The van der Waals surface area contributed by atoms with Crippen molar-refractivity contribution in [3.63, 3.8) is 0 Å². The van der Waals surface area contributed by atoms with E-state index in [0.29, 0.717) is 11.8 Å². The lowest BCUT2D eigenvalue weighted by atomic mass is 9.72. The van der Waals surface area contributed by atoms with E-state index in [1.54, 1.807) is 0 Å². The molecule has 0 nitrogen and oxygen atoms in total. The minimum absolute atomic E-state index is 0.431. The first-order valence-electron chi connectivity index (χ1n) is 5.84. The van der Waals surface area contributed by atoms with Gasteiger partial charge in [-0.2, -0.15) is 0 Å². The lowest BCUT2D eigenvalue weighted by molar-refractivity contribution is 0.488. The van der Waals surface area contributed by atoms with E-state index in [4.69, 9.17) is 0 Å². The third-order valence-electron chi connectivity index (χ3n) is 3.61. The Morgan fingerprint density at radius 2 is 2.19 bits per heavy atom. The summed E-state index contributed by atoms with van der Waals surface area (Å²) in [6.07, 6.45) is 4.43. The van der Waals surface area contributed by atoms with Crippen molar-refractivity contribution in [1.29, 1.82) is 0 Å². The predicted molar refractivity (Wildman–Crippen MR) is 69.5 cm³/mol. The number of benzene rings is 1. The van der Waals surface area contributed by atoms with Gasteiger partial charge in [-0.15, -0.1) is 12.3 Å². The zero-order valence-electron chi connectivity index (χ0n) is 9.87. The van der Waals surface area contributed by atoms with Gasteiger partial charge in [-0.25, -0.2) is 0 Å². The van der Waals surface area contributed by atoms with Gasteiger partial charge in [-0.05, 0) is 42.4 Å². The van der Waals surface area contributed by atoms with Crippen molar-refractivity contribution in [3.05, 3.63) is 65.9 Å². The molecule has 0 spiro atoms. The van der Waals surface area contributed by atoms with Crippen LogP contribution in [-0.4, -0.2) is 0 Å². The smallest absolute Gasteiger partial charge is 0.0187 e. The molecule has 0 unspecified atom stereocenters. The van der Waals surface area contributed by atoms with Crippen LogP contribution >= 0.6 is 0 Å². The van der Waals surface area contributed by atoms with Crippen LogP contribution in [0.5, 0.6) is 0 Å². The predicted octanol–water partition coefficient (Wildman–Crippen LogP) is 4.25. The van der Waals surface area contributed by atoms with Gasteiger partial charge in [-0.1, -0.05) is 36.9 Å². The van der Waals surface area contributed by atoms with Gasteiger partial charge in [0.2, 0.25) is 0 Å². The van der Waals surface area contributed by atoms with Crippen LogP contribution in [0.15, 0.2) is 54.8 Å². The SMILES string of the molecule is C=C=C(C)[C@H]1c2ccccc2CC[C@@H]1C=C. The molecule has 0 amide bonds. The van der Waals surface area contributed by atoms with Crippen molar-refractivity contribution in [3.8, 4) is 0 Å². The van der Waals surface area contributed by atoms with Crippen LogP contribution in [-0.2, 0) is 6.42 Å². The van der Waals surface area contributed by atoms with E-state index in [0.717, 1.165) is 6.42 Å². The van der Waals surface area contributed by atoms with Crippen LogP contribution in [0.4, 0.5) is 0 Å². The van der Waals surface area contributed by atoms with E-state index >= 15 is 0 Å². The monoisotopic (exact) mass is 210 g/mol. The quantitative estimate of drug-likeness (QED) is 0.505. The molecule has 0 fully saturated rings. The summed E-state index contributed by atoms with van der Waals surface area (Å²) in [7, 11) is 0. The van der Waals surface area contributed by atoms with E-state index in [1.807, 2.05) is 0 Å². The van der Waals surface area contributed by atoms with Crippen molar-refractivity contribution < 1.29 is 0 Å². The minimum atomic E-state index is 0.431. The third-order valence-corrected chi connectivity index (χ3v) is 3.61. The summed E-state index contributed by atoms with van der Waals surface area (Å²) < 4.78 is 0. The number of aryl methyl sites for hydroxylation is 1. The fourth-order valence-electron chi connectivity index (χ4n) is 2.70. The zero-order chi connectivity index (χ0) is 11.5. The number of rotatable bonds is 2. The lowest BCUT2D eigenvalue weighted by Crippen LogP contribution is -2.19. The summed E-state index contributed by atoms with van der Waals surface area (Å²) in [5.41, 5.74) is 7.20. The second-order valence-corrected chi connectivity index (χ2v) is 4.47. The summed E-state index contributed by atoms with van der Waals surface area (Å²) in [5.74, 6) is 0.962. The van der Waals surface area contributed by atoms with Gasteiger partial charge < -0.3 is 0 Å². The second kappa shape index (κ2) is 4.55. The Morgan fingerprint density at radius 3 is 2.88 bits per heavy atom. The molecule has 1 aromatic carbocycles. The fraction of sp³-hybridized carbons (Fsp3) is 0.312. The summed E-state index contributed by atoms with van der Waals surface area (Å²) in [4.78, 5) is 0. The van der Waals surface area contributed by atoms with Gasteiger partial charge in [0.15, 0.2) is 0 Å². The molecule has 0 N–H and O–H groups in total. The summed E-state index contributed by atoms with van der Waals surface area (Å²) in [6, 6.07) is 8.71. The zero-order valence-corrected chi connectivity index (χ0v) is 9.87. The van der Waals surface area contributed by atoms with Crippen LogP contribution in [0.2, 0.25) is 0 Å². The largest absolute Gasteiger partial charge is 0.129 e. The summed E-state index contributed by atoms with van der Waals surface area (Å²) >= 11 is 0. The van der Waals surface area contributed by atoms with E-state index in [9.17, 15) is 0 Å². The first-order chi connectivity index (χ1) is 7.77. The molecule has 0 aliphatic heterocycles. The molecule has 1 aliphatic carbocycles. The lowest BCUT2D eigenvalue weighted by Gasteiger charge is -2.31. The molecule has 0 saturated carbocycles. The summed E-state index contributed by atoms with van der Waals surface area (Å²) in [6.45, 7) is 9.87. The highest BCUT2D eigenvalue weighted by Gasteiger charge is 2.28. The van der Waals surface area contributed by atoms with Crippen LogP contribution in [0.3, 0.4) is 0 Å². The van der Waals surface area contributed by atoms with E-state index in [1.165, 1.54) is 23.1 Å². The van der Waals surface area contributed by atoms with Gasteiger partial charge in [-0.3, -0.25) is 0 Å². The maximum absolute atomic E-state index is 3.96. The molecule has 1 aliphatic rings. The first-order valence-corrected chi connectivity index (χ1v) is 5.84. The Hall–Kier alpha value is -1.52. The highest BCUT2D eigenvalue weighted by atomic mass is 14.3. The summed E-state index contributed by atoms with van der Waals surface area (Å²) in [5, 5.41) is 0. The highest BCUT2D eigenvalue weighted by Crippen LogP contribution is 2.40. The second-order valence-electron chi connectivity index (χ2n) is 4.47. The molecule has 2 atom stereocenters. The molecular formula is C16H18. The number of fused-ring (bicyclic) bond motifs is 1. The minimum Gasteiger partial charge on any atom is -0.129 e. The number of hydrogen-bond donors (Lipinski definition) is 0. The van der Waals surface area contributed by atoms with Gasteiger partial charge in [0.25, 0.3) is 0 Å². The number of hydrogen-bond acceptors (Lipinski definition) is 0. The Morgan fingerprint density at radius 1 is 1.44 bits per heavy atom. The maximum Gasteiger partial charge on any atom is 0.0187 e. The van der Waals surface area contributed by atoms with Gasteiger partial charge >= 0.3 is 0 Å². The Bertz CT molecular complexity index is 447. The molecule has 0 heteroatoms. The van der Waals surface area contributed by atoms with Crippen LogP contribution in [0, 0.1) is 5.92 Å². The van der Waals surface area contributed by atoms with E-state index in [-0.39, 0.29) is 0 Å². The maximum atomic E-state index is 3.96. The topological polar surface area (TPSA) is 0 Å². The molecule has 0 heterocycles. The molecule has 0 radical (unpaired) electrons. The van der Waals surface area contributed by atoms with Crippen molar-refractivity contribution in [1.82, 2.24) is 0 Å². The van der Waals surface area contributed by atoms with Gasteiger partial charge in [0.05, 0.1) is 0 Å². The fourth-order valence-corrected chi connectivity index (χ4v) is 2.70. The van der Waals surface area contributed by atoms with Gasteiger partial charge in [0.1, 0.15) is 0 Å². The molecule has 0 saturated heterocycles.